The predicted octanol–water partition coefficient (Wildman–Crippen LogP) is 5.09. The highest BCUT2D eigenvalue weighted by Gasteiger charge is 2.38. The molecule has 0 radical (unpaired) electrons. The second kappa shape index (κ2) is 9.20. The lowest BCUT2D eigenvalue weighted by Gasteiger charge is -2.26. The van der Waals surface area contributed by atoms with Crippen LogP contribution in [0.4, 0.5) is 14.5 Å². The number of rotatable bonds is 5. The monoisotopic (exact) mass is 449 g/mol. The number of halogens is 2. The van der Waals surface area contributed by atoms with Crippen molar-refractivity contribution in [1.82, 2.24) is 10.2 Å². The minimum absolute atomic E-state index is 0.0474. The first kappa shape index (κ1) is 22.0. The van der Waals surface area contributed by atoms with Gasteiger partial charge in [-0.15, -0.1) is 0 Å². The van der Waals surface area contributed by atoms with Crippen LogP contribution in [0.1, 0.15) is 47.7 Å². The zero-order valence-corrected chi connectivity index (χ0v) is 18.8. The van der Waals surface area contributed by atoms with Crippen LogP contribution in [-0.4, -0.2) is 43.0 Å². The lowest BCUT2D eigenvalue weighted by molar-refractivity contribution is 0.102. The van der Waals surface area contributed by atoms with Gasteiger partial charge in [0.2, 0.25) is 0 Å². The van der Waals surface area contributed by atoms with Gasteiger partial charge in [0.1, 0.15) is 11.6 Å². The van der Waals surface area contributed by atoms with Crippen molar-refractivity contribution in [2.24, 2.45) is 5.92 Å². The maximum absolute atomic E-state index is 14.8. The van der Waals surface area contributed by atoms with Crippen molar-refractivity contribution in [3.8, 4) is 0 Å². The standard InChI is InChI=1S/C27H29F2N3O/c1-17-14-26(17)32-12-8-19(9-13-32)20-2-4-22(23(28)15-20)27(33)31-25-5-3-21(16-24(25)29)18-6-10-30-11-7-18/h2-6,8,15-17,26,30H,7,9-14H2,1H3,(H,31,33)/t17?,26-/m0/s1. The molecule has 33 heavy (non-hydrogen) atoms. The van der Waals surface area contributed by atoms with Gasteiger partial charge in [0.25, 0.3) is 5.91 Å². The van der Waals surface area contributed by atoms with E-state index in [1.54, 1.807) is 12.1 Å². The summed E-state index contributed by atoms with van der Waals surface area (Å²) in [6.07, 6.45) is 7.17. The Bertz CT molecular complexity index is 1140. The lowest BCUT2D eigenvalue weighted by atomic mass is 9.97. The van der Waals surface area contributed by atoms with E-state index in [0.29, 0.717) is 6.04 Å². The van der Waals surface area contributed by atoms with Gasteiger partial charge >= 0.3 is 0 Å². The molecule has 2 aromatic rings. The van der Waals surface area contributed by atoms with Crippen molar-refractivity contribution in [3.05, 3.63) is 76.9 Å². The van der Waals surface area contributed by atoms with Gasteiger partial charge in [-0.2, -0.15) is 0 Å². The fourth-order valence-corrected chi connectivity index (χ4v) is 4.85. The van der Waals surface area contributed by atoms with Crippen LogP contribution in [-0.2, 0) is 0 Å². The molecule has 2 atom stereocenters. The maximum atomic E-state index is 14.8. The van der Waals surface area contributed by atoms with Gasteiger partial charge in [-0.05, 0) is 78.3 Å². The van der Waals surface area contributed by atoms with Crippen LogP contribution in [0, 0.1) is 17.6 Å². The summed E-state index contributed by atoms with van der Waals surface area (Å²) in [5.41, 5.74) is 3.76. The molecule has 172 valence electrons. The van der Waals surface area contributed by atoms with E-state index in [1.807, 2.05) is 6.08 Å². The molecule has 6 heteroatoms. The molecule has 1 unspecified atom stereocenters. The van der Waals surface area contributed by atoms with Crippen molar-refractivity contribution in [1.29, 1.82) is 0 Å². The second-order valence-electron chi connectivity index (χ2n) is 9.28. The Kier molecular flexibility index (Phi) is 6.13. The number of nitrogens with zero attached hydrogens (tertiary/aromatic N) is 1. The summed E-state index contributed by atoms with van der Waals surface area (Å²) in [4.78, 5) is 15.1. The number of amides is 1. The maximum Gasteiger partial charge on any atom is 0.258 e. The summed E-state index contributed by atoms with van der Waals surface area (Å²) in [6.45, 7) is 5.76. The largest absolute Gasteiger partial charge is 0.319 e. The van der Waals surface area contributed by atoms with E-state index in [9.17, 15) is 13.6 Å². The Labute approximate surface area is 193 Å². The minimum atomic E-state index is -0.654. The van der Waals surface area contributed by atoms with Crippen molar-refractivity contribution in [3.63, 3.8) is 0 Å². The van der Waals surface area contributed by atoms with Gasteiger partial charge in [0.05, 0.1) is 11.3 Å². The molecule has 0 aromatic heterocycles. The molecule has 2 heterocycles. The van der Waals surface area contributed by atoms with Crippen molar-refractivity contribution >= 4 is 22.7 Å². The first-order chi connectivity index (χ1) is 16.0. The molecule has 4 nitrogen and oxygen atoms in total. The summed E-state index contributed by atoms with van der Waals surface area (Å²) in [6, 6.07) is 10.1. The molecule has 0 bridgehead atoms. The Morgan fingerprint density at radius 3 is 2.36 bits per heavy atom. The summed E-state index contributed by atoms with van der Waals surface area (Å²) >= 11 is 0. The first-order valence-corrected chi connectivity index (χ1v) is 11.7. The van der Waals surface area contributed by atoms with E-state index in [2.05, 4.69) is 28.5 Å². The number of anilines is 1. The smallest absolute Gasteiger partial charge is 0.258 e. The molecule has 1 amide bonds. The number of hydrogen-bond donors (Lipinski definition) is 2. The third kappa shape index (κ3) is 4.77. The predicted molar refractivity (Wildman–Crippen MR) is 128 cm³/mol. The quantitative estimate of drug-likeness (QED) is 0.668. The van der Waals surface area contributed by atoms with Gasteiger partial charge in [0, 0.05) is 25.7 Å². The topological polar surface area (TPSA) is 44.4 Å². The highest BCUT2D eigenvalue weighted by molar-refractivity contribution is 6.04. The minimum Gasteiger partial charge on any atom is -0.319 e. The second-order valence-corrected chi connectivity index (χ2v) is 9.28. The van der Waals surface area contributed by atoms with Crippen LogP contribution in [0.3, 0.4) is 0 Å². The van der Waals surface area contributed by atoms with Crippen LogP contribution >= 0.6 is 0 Å². The molecular weight excluding hydrogens is 420 g/mol. The number of benzene rings is 2. The Morgan fingerprint density at radius 1 is 1.03 bits per heavy atom. The van der Waals surface area contributed by atoms with E-state index in [-0.39, 0.29) is 11.3 Å². The Balaban J connectivity index is 1.26. The summed E-state index contributed by atoms with van der Waals surface area (Å²) in [7, 11) is 0. The molecule has 2 N–H and O–H groups in total. The average Bonchev–Trinajstić information content (AvgIpc) is 3.57. The fraction of sp³-hybridized carbons (Fsp3) is 0.370. The molecule has 1 fully saturated rings. The first-order valence-electron chi connectivity index (χ1n) is 11.7. The molecule has 2 aromatic carbocycles. The molecule has 1 saturated carbocycles. The third-order valence-corrected chi connectivity index (χ3v) is 7.01. The van der Waals surface area contributed by atoms with Gasteiger partial charge in [-0.25, -0.2) is 8.78 Å². The molecule has 5 rings (SSSR count). The van der Waals surface area contributed by atoms with Crippen LogP contribution < -0.4 is 10.6 Å². The number of carbonyl (C=O) groups excluding carboxylic acids is 1. The van der Waals surface area contributed by atoms with Crippen LogP contribution in [0.15, 0.2) is 48.6 Å². The van der Waals surface area contributed by atoms with E-state index in [4.69, 9.17) is 0 Å². The normalized spacial score (nSPS) is 23.0. The van der Waals surface area contributed by atoms with E-state index >= 15 is 0 Å². The lowest BCUT2D eigenvalue weighted by Crippen LogP contribution is -2.31. The number of nitrogens with one attached hydrogen (secondary N) is 2. The zero-order valence-electron chi connectivity index (χ0n) is 18.8. The molecule has 1 aliphatic carbocycles. The third-order valence-electron chi connectivity index (χ3n) is 7.01. The highest BCUT2D eigenvalue weighted by Crippen LogP contribution is 2.37. The van der Waals surface area contributed by atoms with E-state index in [0.717, 1.165) is 67.2 Å². The van der Waals surface area contributed by atoms with Crippen molar-refractivity contribution in [2.75, 3.05) is 31.5 Å². The molecular formula is C27H29F2N3O. The van der Waals surface area contributed by atoms with Gasteiger partial charge < -0.3 is 10.6 Å². The van der Waals surface area contributed by atoms with Crippen LogP contribution in [0.2, 0.25) is 0 Å². The van der Waals surface area contributed by atoms with E-state index in [1.165, 1.54) is 30.7 Å². The number of carbonyl (C=O) groups is 1. The Morgan fingerprint density at radius 2 is 1.76 bits per heavy atom. The molecule has 3 aliphatic rings. The van der Waals surface area contributed by atoms with Gasteiger partial charge in [-0.3, -0.25) is 9.69 Å². The van der Waals surface area contributed by atoms with Gasteiger partial charge in [0.15, 0.2) is 0 Å². The summed E-state index contributed by atoms with van der Waals surface area (Å²) < 4.78 is 29.5. The fourth-order valence-electron chi connectivity index (χ4n) is 4.85. The Hall–Kier alpha value is -2.83. The van der Waals surface area contributed by atoms with Gasteiger partial charge in [-0.1, -0.05) is 31.2 Å². The molecule has 2 aliphatic heterocycles. The number of hydrogen-bond acceptors (Lipinski definition) is 3. The van der Waals surface area contributed by atoms with Crippen LogP contribution in [0.5, 0.6) is 0 Å². The average molecular weight is 450 g/mol. The van der Waals surface area contributed by atoms with E-state index < -0.39 is 17.5 Å². The summed E-state index contributed by atoms with van der Waals surface area (Å²) in [5, 5.41) is 5.75. The zero-order chi connectivity index (χ0) is 22.9. The molecule has 0 saturated heterocycles. The summed E-state index contributed by atoms with van der Waals surface area (Å²) in [5.74, 6) is -1.00. The highest BCUT2D eigenvalue weighted by atomic mass is 19.1. The van der Waals surface area contributed by atoms with Crippen LogP contribution in [0.25, 0.3) is 11.1 Å². The van der Waals surface area contributed by atoms with Crippen molar-refractivity contribution < 1.29 is 13.6 Å². The van der Waals surface area contributed by atoms with Crippen molar-refractivity contribution in [2.45, 2.75) is 32.2 Å². The molecule has 0 spiro atoms. The SMILES string of the molecule is CC1C[C@@H]1N1CC=C(c2ccc(C(=O)Nc3ccc(C4=CCNCC4)cc3F)c(F)c2)CC1.